The number of aromatic nitrogens is 4. The van der Waals surface area contributed by atoms with Crippen molar-refractivity contribution in [3.05, 3.63) is 48.9 Å². The largest absolute Gasteiger partial charge is 0.256 e. The summed E-state index contributed by atoms with van der Waals surface area (Å²) >= 11 is 0. The monoisotopic (exact) mass is 196 g/mol. The molecule has 1 aromatic carbocycles. The molecule has 0 fully saturated rings. The molecule has 0 spiro atoms. The lowest BCUT2D eigenvalue weighted by molar-refractivity contribution is 0.756. The number of nitrogens with zero attached hydrogens (tertiary/aromatic N) is 4. The Kier molecular flexibility index (Phi) is 1.71. The van der Waals surface area contributed by atoms with Gasteiger partial charge in [-0.05, 0) is 12.1 Å². The third-order valence-corrected chi connectivity index (χ3v) is 2.26. The zero-order valence-corrected chi connectivity index (χ0v) is 7.91. The smallest absolute Gasteiger partial charge is 0.0965 e. The van der Waals surface area contributed by atoms with Crippen LogP contribution >= 0.6 is 0 Å². The molecular weight excluding hydrogens is 188 g/mol. The van der Waals surface area contributed by atoms with Crippen LogP contribution in [0.1, 0.15) is 0 Å². The molecule has 0 N–H and O–H groups in total. The number of rotatable bonds is 1. The van der Waals surface area contributed by atoms with E-state index >= 15 is 0 Å². The maximum atomic E-state index is 4.28. The Morgan fingerprint density at radius 2 is 1.67 bits per heavy atom. The molecule has 0 aliphatic heterocycles. The van der Waals surface area contributed by atoms with E-state index in [1.165, 1.54) is 0 Å². The van der Waals surface area contributed by atoms with Crippen molar-refractivity contribution in [3.8, 4) is 5.69 Å². The van der Waals surface area contributed by atoms with E-state index in [0.29, 0.717) is 0 Å². The lowest BCUT2D eigenvalue weighted by Crippen LogP contribution is -1.99. The normalized spacial score (nSPS) is 10.7. The predicted molar refractivity (Wildman–Crippen MR) is 56.7 cm³/mol. The van der Waals surface area contributed by atoms with Gasteiger partial charge in [0.25, 0.3) is 0 Å². The molecule has 4 heteroatoms. The highest BCUT2D eigenvalue weighted by Crippen LogP contribution is 2.18. The van der Waals surface area contributed by atoms with Gasteiger partial charge in [-0.3, -0.25) is 4.98 Å². The van der Waals surface area contributed by atoms with Crippen molar-refractivity contribution in [2.24, 2.45) is 0 Å². The summed E-state index contributed by atoms with van der Waals surface area (Å²) in [7, 11) is 0. The van der Waals surface area contributed by atoms with Crippen LogP contribution in [-0.4, -0.2) is 20.0 Å². The second-order valence-electron chi connectivity index (χ2n) is 3.17. The van der Waals surface area contributed by atoms with Gasteiger partial charge in [-0.1, -0.05) is 18.2 Å². The number of fused-ring (bicyclic) bond motifs is 1. The summed E-state index contributed by atoms with van der Waals surface area (Å²) < 4.78 is 0. The van der Waals surface area contributed by atoms with Crippen molar-refractivity contribution >= 4 is 10.9 Å². The number of pyridine rings is 1. The molecule has 2 aromatic heterocycles. The number of para-hydroxylation sites is 1. The molecule has 0 aliphatic rings. The van der Waals surface area contributed by atoms with E-state index in [4.69, 9.17) is 0 Å². The van der Waals surface area contributed by atoms with Gasteiger partial charge in [0.15, 0.2) is 0 Å². The highest BCUT2D eigenvalue weighted by atomic mass is 15.5. The Labute approximate surface area is 86.2 Å². The van der Waals surface area contributed by atoms with Crippen LogP contribution in [0.5, 0.6) is 0 Å². The first kappa shape index (κ1) is 8.11. The van der Waals surface area contributed by atoms with E-state index in [0.717, 1.165) is 16.6 Å². The van der Waals surface area contributed by atoms with Gasteiger partial charge in [0.05, 0.1) is 23.6 Å². The average molecular weight is 196 g/mol. The first-order valence-corrected chi connectivity index (χ1v) is 4.65. The molecule has 4 nitrogen and oxygen atoms in total. The van der Waals surface area contributed by atoms with Crippen LogP contribution in [0.25, 0.3) is 16.6 Å². The van der Waals surface area contributed by atoms with Crippen molar-refractivity contribution in [1.82, 2.24) is 20.0 Å². The number of hydrogen-bond donors (Lipinski definition) is 0. The Morgan fingerprint density at radius 1 is 0.867 bits per heavy atom. The van der Waals surface area contributed by atoms with Gasteiger partial charge in [0, 0.05) is 11.6 Å². The zero-order valence-electron chi connectivity index (χ0n) is 7.91. The minimum Gasteiger partial charge on any atom is -0.256 e. The SMILES string of the molecule is c1ccc2c(-n3nccn3)ccnc2c1. The van der Waals surface area contributed by atoms with Crippen molar-refractivity contribution in [2.45, 2.75) is 0 Å². The second-order valence-corrected chi connectivity index (χ2v) is 3.17. The maximum absolute atomic E-state index is 4.28. The molecule has 0 aliphatic carbocycles. The lowest BCUT2D eigenvalue weighted by Gasteiger charge is -2.03. The topological polar surface area (TPSA) is 43.6 Å². The van der Waals surface area contributed by atoms with Crippen LogP contribution in [0, 0.1) is 0 Å². The Hall–Kier alpha value is -2.23. The van der Waals surface area contributed by atoms with E-state index in [1.54, 1.807) is 23.4 Å². The molecule has 0 radical (unpaired) electrons. The predicted octanol–water partition coefficient (Wildman–Crippen LogP) is 1.82. The number of hydrogen-bond acceptors (Lipinski definition) is 3. The summed E-state index contributed by atoms with van der Waals surface area (Å²) in [5.41, 5.74) is 1.90. The van der Waals surface area contributed by atoms with Crippen molar-refractivity contribution in [1.29, 1.82) is 0 Å². The molecule has 3 rings (SSSR count). The fourth-order valence-electron chi connectivity index (χ4n) is 1.60. The first-order chi connectivity index (χ1) is 7.45. The molecule has 15 heavy (non-hydrogen) atoms. The average Bonchev–Trinajstić information content (AvgIpc) is 2.82. The highest BCUT2D eigenvalue weighted by Gasteiger charge is 2.03. The van der Waals surface area contributed by atoms with Crippen LogP contribution in [0.3, 0.4) is 0 Å². The van der Waals surface area contributed by atoms with Crippen molar-refractivity contribution < 1.29 is 0 Å². The molecular formula is C11H8N4. The summed E-state index contributed by atoms with van der Waals surface area (Å²) in [4.78, 5) is 5.88. The van der Waals surface area contributed by atoms with Crippen LogP contribution in [-0.2, 0) is 0 Å². The minimum atomic E-state index is 0.950. The van der Waals surface area contributed by atoms with Crippen LogP contribution in [0.15, 0.2) is 48.9 Å². The van der Waals surface area contributed by atoms with E-state index < -0.39 is 0 Å². The molecule has 0 atom stereocenters. The van der Waals surface area contributed by atoms with E-state index in [1.807, 2.05) is 30.3 Å². The number of benzene rings is 1. The van der Waals surface area contributed by atoms with Crippen LogP contribution < -0.4 is 0 Å². The molecule has 3 aromatic rings. The molecule has 2 heterocycles. The fraction of sp³-hybridized carbons (Fsp3) is 0. The van der Waals surface area contributed by atoms with Crippen molar-refractivity contribution in [2.75, 3.05) is 0 Å². The highest BCUT2D eigenvalue weighted by molar-refractivity contribution is 5.86. The molecule has 72 valence electrons. The Morgan fingerprint density at radius 3 is 2.53 bits per heavy atom. The van der Waals surface area contributed by atoms with Gasteiger partial charge < -0.3 is 0 Å². The molecule has 0 saturated carbocycles. The van der Waals surface area contributed by atoms with Crippen LogP contribution in [0.4, 0.5) is 0 Å². The van der Waals surface area contributed by atoms with E-state index in [-0.39, 0.29) is 0 Å². The summed E-state index contributed by atoms with van der Waals surface area (Å²) in [6, 6.07) is 9.85. The fourth-order valence-corrected chi connectivity index (χ4v) is 1.60. The zero-order chi connectivity index (χ0) is 10.1. The molecule has 0 saturated heterocycles. The summed E-state index contributed by atoms with van der Waals surface area (Å²) in [6.45, 7) is 0. The van der Waals surface area contributed by atoms with Crippen molar-refractivity contribution in [3.63, 3.8) is 0 Å². The third-order valence-electron chi connectivity index (χ3n) is 2.26. The lowest BCUT2D eigenvalue weighted by atomic mass is 10.2. The van der Waals surface area contributed by atoms with Gasteiger partial charge in [0.1, 0.15) is 0 Å². The van der Waals surface area contributed by atoms with Gasteiger partial charge in [-0.2, -0.15) is 15.0 Å². The Bertz CT molecular complexity index is 581. The first-order valence-electron chi connectivity index (χ1n) is 4.65. The summed E-state index contributed by atoms with van der Waals surface area (Å²) in [5.74, 6) is 0. The quantitative estimate of drug-likeness (QED) is 0.596. The van der Waals surface area contributed by atoms with Gasteiger partial charge >= 0.3 is 0 Å². The molecule has 0 bridgehead atoms. The van der Waals surface area contributed by atoms with Crippen LogP contribution in [0.2, 0.25) is 0 Å². The van der Waals surface area contributed by atoms with Gasteiger partial charge in [0.2, 0.25) is 0 Å². The standard InChI is InChI=1S/C11H8N4/c1-2-4-10-9(3-1)11(5-6-12-10)15-13-7-8-14-15/h1-8H. The Balaban J connectivity index is 2.36. The molecule has 0 unspecified atom stereocenters. The van der Waals surface area contributed by atoms with Gasteiger partial charge in [-0.25, -0.2) is 0 Å². The maximum Gasteiger partial charge on any atom is 0.0965 e. The van der Waals surface area contributed by atoms with Gasteiger partial charge in [-0.15, -0.1) is 0 Å². The summed E-state index contributed by atoms with van der Waals surface area (Å²) in [5, 5.41) is 9.28. The molecule has 0 amide bonds. The van der Waals surface area contributed by atoms with E-state index in [9.17, 15) is 0 Å². The summed E-state index contributed by atoms with van der Waals surface area (Å²) in [6.07, 6.45) is 5.09. The minimum absolute atomic E-state index is 0.950. The third kappa shape index (κ3) is 1.27. The second kappa shape index (κ2) is 3.16. The van der Waals surface area contributed by atoms with E-state index in [2.05, 4.69) is 15.2 Å².